The van der Waals surface area contributed by atoms with Crippen LogP contribution in [0.4, 0.5) is 4.79 Å². The van der Waals surface area contributed by atoms with Gasteiger partial charge in [0.2, 0.25) is 5.88 Å². The number of carboxylic acid groups (broad SMARTS) is 2. The van der Waals surface area contributed by atoms with E-state index >= 15 is 0 Å². The Bertz CT molecular complexity index is 486. The van der Waals surface area contributed by atoms with Crippen molar-refractivity contribution in [3.8, 4) is 5.88 Å². The summed E-state index contributed by atoms with van der Waals surface area (Å²) in [4.78, 5) is 24.8. The zero-order valence-corrected chi connectivity index (χ0v) is 13.1. The maximum atomic E-state index is 10.8. The lowest BCUT2D eigenvalue weighted by Crippen LogP contribution is -2.38. The molecule has 23 heavy (non-hydrogen) atoms. The third kappa shape index (κ3) is 6.11. The molecular weight excluding hydrogens is 302 g/mol. The van der Waals surface area contributed by atoms with Crippen LogP contribution in [0, 0.1) is 5.92 Å². The Morgan fingerprint density at radius 2 is 2.13 bits per heavy atom. The minimum absolute atomic E-state index is 0.0604. The van der Waals surface area contributed by atoms with Crippen LogP contribution < -0.4 is 10.5 Å². The summed E-state index contributed by atoms with van der Waals surface area (Å²) in [5.41, 5.74) is 7.19. The molecule has 2 rings (SSSR count). The van der Waals surface area contributed by atoms with E-state index in [0.29, 0.717) is 24.9 Å². The van der Waals surface area contributed by atoms with E-state index in [9.17, 15) is 4.79 Å². The molecule has 0 unspecified atom stereocenters. The van der Waals surface area contributed by atoms with Crippen molar-refractivity contribution in [2.24, 2.45) is 11.7 Å². The summed E-state index contributed by atoms with van der Waals surface area (Å²) in [6.45, 7) is 0.959. The van der Waals surface area contributed by atoms with Gasteiger partial charge in [0.05, 0.1) is 7.11 Å². The van der Waals surface area contributed by atoms with Crippen LogP contribution in [0.2, 0.25) is 0 Å². The van der Waals surface area contributed by atoms with Crippen molar-refractivity contribution in [3.05, 3.63) is 23.9 Å². The Balaban J connectivity index is 0.000000816. The second-order valence-electron chi connectivity index (χ2n) is 5.29. The molecule has 1 aromatic rings. The van der Waals surface area contributed by atoms with Crippen LogP contribution in [0.15, 0.2) is 18.3 Å². The van der Waals surface area contributed by atoms with Crippen molar-refractivity contribution < 1.29 is 24.5 Å². The van der Waals surface area contributed by atoms with Gasteiger partial charge in [0, 0.05) is 31.4 Å². The quantitative estimate of drug-likeness (QED) is 0.717. The van der Waals surface area contributed by atoms with E-state index in [-0.39, 0.29) is 12.5 Å². The number of nitrogens with zero attached hydrogens (tertiary/aromatic N) is 2. The van der Waals surface area contributed by atoms with Crippen molar-refractivity contribution in [1.82, 2.24) is 9.88 Å². The van der Waals surface area contributed by atoms with Crippen molar-refractivity contribution in [2.75, 3.05) is 20.2 Å². The van der Waals surface area contributed by atoms with Gasteiger partial charge in [0.15, 0.2) is 0 Å². The van der Waals surface area contributed by atoms with Gasteiger partial charge in [0.1, 0.15) is 0 Å². The molecule has 8 nitrogen and oxygen atoms in total. The van der Waals surface area contributed by atoms with Crippen LogP contribution in [0.1, 0.15) is 30.9 Å². The van der Waals surface area contributed by atoms with Crippen molar-refractivity contribution in [1.29, 1.82) is 0 Å². The summed E-state index contributed by atoms with van der Waals surface area (Å²) in [7, 11) is 1.58. The van der Waals surface area contributed by atoms with E-state index in [4.69, 9.17) is 25.5 Å². The van der Waals surface area contributed by atoms with Crippen LogP contribution in [0.5, 0.6) is 5.88 Å². The molecule has 1 saturated heterocycles. The number of hydrogen-bond donors (Lipinski definition) is 3. The van der Waals surface area contributed by atoms with E-state index in [1.165, 1.54) is 4.90 Å². The molecule has 0 aromatic carbocycles. The summed E-state index contributed by atoms with van der Waals surface area (Å²) >= 11 is 0. The summed E-state index contributed by atoms with van der Waals surface area (Å²) in [5, 5.41) is 15.8. The first-order valence-corrected chi connectivity index (χ1v) is 7.33. The summed E-state index contributed by atoms with van der Waals surface area (Å²) in [5.74, 6) is 1.05. The van der Waals surface area contributed by atoms with Gasteiger partial charge in [-0.25, -0.2) is 9.78 Å². The van der Waals surface area contributed by atoms with Crippen LogP contribution in [-0.4, -0.2) is 52.9 Å². The first-order chi connectivity index (χ1) is 11.0. The van der Waals surface area contributed by atoms with Gasteiger partial charge in [0.25, 0.3) is 6.47 Å². The number of amides is 1. The largest absolute Gasteiger partial charge is 0.483 e. The maximum Gasteiger partial charge on any atom is 0.407 e. The summed E-state index contributed by atoms with van der Waals surface area (Å²) < 4.78 is 5.02. The average Bonchev–Trinajstić information content (AvgIpc) is 2.56. The number of ether oxygens (including phenoxy) is 1. The molecule has 0 saturated carbocycles. The molecule has 128 valence electrons. The van der Waals surface area contributed by atoms with Gasteiger partial charge in [-0.15, -0.1) is 0 Å². The molecular formula is C15H23N3O5. The summed E-state index contributed by atoms with van der Waals surface area (Å²) in [6.07, 6.45) is 3.54. The minimum Gasteiger partial charge on any atom is -0.483 e. The first kappa shape index (κ1) is 18.7. The van der Waals surface area contributed by atoms with E-state index in [2.05, 4.69) is 4.98 Å². The predicted octanol–water partition coefficient (Wildman–Crippen LogP) is 1.57. The smallest absolute Gasteiger partial charge is 0.407 e. The van der Waals surface area contributed by atoms with Crippen molar-refractivity contribution in [2.45, 2.75) is 25.3 Å². The van der Waals surface area contributed by atoms with E-state index in [1.807, 2.05) is 12.1 Å². The number of aromatic nitrogens is 1. The van der Waals surface area contributed by atoms with Gasteiger partial charge in [-0.2, -0.15) is 0 Å². The molecule has 1 fully saturated rings. The zero-order chi connectivity index (χ0) is 17.2. The Labute approximate surface area is 134 Å². The molecule has 1 aliphatic rings. The average molecular weight is 325 g/mol. The van der Waals surface area contributed by atoms with E-state index in [1.54, 1.807) is 13.3 Å². The molecule has 0 radical (unpaired) electrons. The lowest BCUT2D eigenvalue weighted by molar-refractivity contribution is -0.122. The third-order valence-corrected chi connectivity index (χ3v) is 3.87. The number of pyridine rings is 1. The monoisotopic (exact) mass is 325 g/mol. The molecule has 1 amide bonds. The van der Waals surface area contributed by atoms with Crippen LogP contribution in [-0.2, 0) is 4.79 Å². The second-order valence-corrected chi connectivity index (χ2v) is 5.29. The van der Waals surface area contributed by atoms with Gasteiger partial charge >= 0.3 is 6.09 Å². The first-order valence-electron chi connectivity index (χ1n) is 7.33. The van der Waals surface area contributed by atoms with Gasteiger partial charge in [-0.1, -0.05) is 6.07 Å². The highest BCUT2D eigenvalue weighted by Gasteiger charge is 2.24. The number of methoxy groups -OCH3 is 1. The highest BCUT2D eigenvalue weighted by Crippen LogP contribution is 2.27. The molecule has 2 heterocycles. The van der Waals surface area contributed by atoms with Gasteiger partial charge < -0.3 is 25.6 Å². The molecule has 4 N–H and O–H groups in total. The number of likely N-dealkylation sites (tertiary alicyclic amines) is 1. The Hall–Kier alpha value is -2.35. The molecule has 0 bridgehead atoms. The Kier molecular flexibility index (Phi) is 7.82. The molecule has 8 heteroatoms. The van der Waals surface area contributed by atoms with Crippen LogP contribution >= 0.6 is 0 Å². The van der Waals surface area contributed by atoms with Crippen molar-refractivity contribution >= 4 is 12.6 Å². The standard InChI is InChI=1S/C14H21N3O3.CH2O2/c1-20-13-3-2-11(9-16-13)12(15)8-10-4-6-17(7-5-10)14(18)19;2-1-3/h2-3,9-10,12H,4-8,15H2,1H3,(H,18,19);1H,(H,2,3)/t12-;/m0./s1. The van der Waals surface area contributed by atoms with Crippen molar-refractivity contribution in [3.63, 3.8) is 0 Å². The summed E-state index contributed by atoms with van der Waals surface area (Å²) in [6, 6.07) is 3.68. The lowest BCUT2D eigenvalue weighted by atomic mass is 9.88. The van der Waals surface area contributed by atoms with E-state index in [0.717, 1.165) is 24.8 Å². The Morgan fingerprint density at radius 3 is 2.57 bits per heavy atom. The third-order valence-electron chi connectivity index (χ3n) is 3.87. The topological polar surface area (TPSA) is 126 Å². The predicted molar refractivity (Wildman–Crippen MR) is 83.3 cm³/mol. The lowest BCUT2D eigenvalue weighted by Gasteiger charge is -2.31. The molecule has 0 aliphatic carbocycles. The van der Waals surface area contributed by atoms with E-state index < -0.39 is 6.09 Å². The minimum atomic E-state index is -0.827. The SMILES string of the molecule is COc1ccc([C@@H](N)CC2CCN(C(=O)O)CC2)cn1.O=CO. The number of nitrogens with two attached hydrogens (primary N) is 1. The van der Waals surface area contributed by atoms with Crippen LogP contribution in [0.25, 0.3) is 0 Å². The zero-order valence-electron chi connectivity index (χ0n) is 13.1. The normalized spacial score (nSPS) is 16.0. The van der Waals surface area contributed by atoms with Gasteiger partial charge in [-0.3, -0.25) is 4.79 Å². The number of rotatable bonds is 4. The fraction of sp³-hybridized carbons (Fsp3) is 0.533. The van der Waals surface area contributed by atoms with Crippen LogP contribution in [0.3, 0.4) is 0 Å². The number of carbonyl (C=O) groups is 2. The highest BCUT2D eigenvalue weighted by atomic mass is 16.5. The molecule has 1 aliphatic heterocycles. The fourth-order valence-electron chi connectivity index (χ4n) is 2.59. The molecule has 1 aromatic heterocycles. The van der Waals surface area contributed by atoms with Gasteiger partial charge in [-0.05, 0) is 30.7 Å². The number of piperidine rings is 1. The Morgan fingerprint density at radius 1 is 1.52 bits per heavy atom. The molecule has 0 spiro atoms. The molecule has 1 atom stereocenters. The second kappa shape index (κ2) is 9.62. The maximum absolute atomic E-state index is 10.8. The number of hydrogen-bond acceptors (Lipinski definition) is 5. The highest BCUT2D eigenvalue weighted by molar-refractivity contribution is 5.64. The fourth-order valence-corrected chi connectivity index (χ4v) is 2.59.